The van der Waals surface area contributed by atoms with Crippen LogP contribution in [0.1, 0.15) is 6.23 Å². The maximum Gasteiger partial charge on any atom is 0.231 e. The first-order chi connectivity index (χ1) is 15.7. The monoisotopic (exact) mass is 431 g/mol. The number of fused-ring (bicyclic) bond motifs is 1. The van der Waals surface area contributed by atoms with Gasteiger partial charge in [0.1, 0.15) is 17.9 Å². The topological polar surface area (TPSA) is 110 Å². The highest BCUT2D eigenvalue weighted by atomic mass is 16.5. The quantitative estimate of drug-likeness (QED) is 0.430. The number of aliphatic hydroxyl groups is 2. The Hall–Kier alpha value is -3.30. The summed E-state index contributed by atoms with van der Waals surface area (Å²) in [6, 6.07) is 19.8. The van der Waals surface area contributed by atoms with Crippen LogP contribution in [0.4, 0.5) is 11.6 Å². The van der Waals surface area contributed by atoms with Crippen molar-refractivity contribution in [3.05, 3.63) is 73.1 Å². The van der Waals surface area contributed by atoms with Gasteiger partial charge in [-0.1, -0.05) is 48.5 Å². The summed E-state index contributed by atoms with van der Waals surface area (Å²) in [4.78, 5) is 11.5. The molecule has 0 saturated carbocycles. The van der Waals surface area contributed by atoms with Crippen LogP contribution in [0.25, 0.3) is 22.2 Å². The number of rotatable bonds is 6. The van der Waals surface area contributed by atoms with Crippen molar-refractivity contribution in [3.63, 3.8) is 0 Å². The van der Waals surface area contributed by atoms with Crippen LogP contribution in [0, 0.1) is 0 Å². The van der Waals surface area contributed by atoms with Crippen molar-refractivity contribution in [3.8, 4) is 11.1 Å². The lowest BCUT2D eigenvalue weighted by Gasteiger charge is -2.22. The number of aromatic nitrogens is 3. The maximum atomic E-state index is 10.5. The Balaban J connectivity index is 1.68. The molecule has 4 aromatic rings. The molecule has 2 aromatic heterocycles. The molecule has 0 unspecified atom stereocenters. The highest BCUT2D eigenvalue weighted by Gasteiger charge is 2.37. The molecule has 8 heteroatoms. The highest BCUT2D eigenvalue weighted by Crippen LogP contribution is 2.36. The largest absolute Gasteiger partial charge is 0.388 e. The van der Waals surface area contributed by atoms with Gasteiger partial charge in [0, 0.05) is 42.1 Å². The summed E-state index contributed by atoms with van der Waals surface area (Å²) in [5, 5.41) is 21.4. The van der Waals surface area contributed by atoms with Crippen LogP contribution in [0.2, 0.25) is 0 Å². The van der Waals surface area contributed by atoms with Crippen LogP contribution in [0.15, 0.2) is 73.1 Å². The van der Waals surface area contributed by atoms with Gasteiger partial charge in [0.25, 0.3) is 0 Å². The maximum absolute atomic E-state index is 10.5. The van der Waals surface area contributed by atoms with Gasteiger partial charge in [-0.25, -0.2) is 4.98 Å². The standard InChI is InChI=1S/C24H25N5O3/c25-11-12-28(17-9-5-2-6-10-17)24-26-13-18-19(16-7-3-1-4-8-16)14-29(22(18)27-24)23-21(31)20(30)15-32-23/h1-10,13-14,20-21,23,30-31H,11-12,15,25H2/t20-,21-,23-/m1/s1. The first-order valence-corrected chi connectivity index (χ1v) is 10.6. The van der Waals surface area contributed by atoms with Gasteiger partial charge in [0.05, 0.1) is 6.61 Å². The Labute approximate surface area is 185 Å². The van der Waals surface area contributed by atoms with E-state index in [0.717, 1.165) is 22.2 Å². The molecular weight excluding hydrogens is 406 g/mol. The van der Waals surface area contributed by atoms with E-state index in [1.165, 1.54) is 0 Å². The van der Waals surface area contributed by atoms with Crippen molar-refractivity contribution in [2.45, 2.75) is 18.4 Å². The molecule has 1 saturated heterocycles. The third-order valence-corrected chi connectivity index (χ3v) is 5.70. The molecule has 0 amide bonds. The minimum atomic E-state index is -1.05. The number of ether oxygens (including phenoxy) is 1. The molecule has 164 valence electrons. The Bertz CT molecular complexity index is 1200. The fourth-order valence-corrected chi connectivity index (χ4v) is 4.10. The Morgan fingerprint density at radius 3 is 2.44 bits per heavy atom. The smallest absolute Gasteiger partial charge is 0.231 e. The SMILES string of the molecule is NCCN(c1ccccc1)c1ncc2c(-c3ccccc3)cn([C@@H]3OC[C@@H](O)[C@H]3O)c2n1. The predicted molar refractivity (Wildman–Crippen MR) is 122 cm³/mol. The summed E-state index contributed by atoms with van der Waals surface area (Å²) in [7, 11) is 0. The van der Waals surface area contributed by atoms with Crippen molar-refractivity contribution in [2.75, 3.05) is 24.6 Å². The number of anilines is 2. The molecule has 0 aliphatic carbocycles. The zero-order valence-corrected chi connectivity index (χ0v) is 17.5. The second kappa shape index (κ2) is 8.68. The summed E-state index contributed by atoms with van der Waals surface area (Å²) in [5.74, 6) is 0.501. The van der Waals surface area contributed by atoms with E-state index < -0.39 is 18.4 Å². The zero-order valence-electron chi connectivity index (χ0n) is 17.5. The molecule has 0 spiro atoms. The molecule has 32 heavy (non-hydrogen) atoms. The Kier molecular flexibility index (Phi) is 5.59. The molecule has 2 aromatic carbocycles. The molecule has 1 aliphatic heterocycles. The molecule has 1 fully saturated rings. The van der Waals surface area contributed by atoms with Crippen molar-refractivity contribution < 1.29 is 14.9 Å². The molecular formula is C24H25N5O3. The van der Waals surface area contributed by atoms with Crippen LogP contribution in [-0.2, 0) is 4.74 Å². The summed E-state index contributed by atoms with van der Waals surface area (Å²) >= 11 is 0. The van der Waals surface area contributed by atoms with Gasteiger partial charge in [-0.15, -0.1) is 0 Å². The molecule has 0 bridgehead atoms. The number of benzene rings is 2. The highest BCUT2D eigenvalue weighted by molar-refractivity contribution is 5.94. The van der Waals surface area contributed by atoms with Gasteiger partial charge in [-0.3, -0.25) is 0 Å². The summed E-state index contributed by atoms with van der Waals surface area (Å²) in [5.41, 5.74) is 9.36. The van der Waals surface area contributed by atoms with Crippen molar-refractivity contribution in [1.29, 1.82) is 0 Å². The minimum Gasteiger partial charge on any atom is -0.388 e. The van der Waals surface area contributed by atoms with Crippen LogP contribution in [-0.4, -0.2) is 56.7 Å². The first kappa shape index (κ1) is 20.6. The van der Waals surface area contributed by atoms with Gasteiger partial charge >= 0.3 is 0 Å². The molecule has 4 N–H and O–H groups in total. The lowest BCUT2D eigenvalue weighted by Crippen LogP contribution is -2.28. The average Bonchev–Trinajstić information content (AvgIpc) is 3.38. The second-order valence-corrected chi connectivity index (χ2v) is 7.78. The van der Waals surface area contributed by atoms with Crippen LogP contribution < -0.4 is 10.6 Å². The van der Waals surface area contributed by atoms with E-state index in [9.17, 15) is 10.2 Å². The molecule has 1 aliphatic rings. The van der Waals surface area contributed by atoms with Crippen molar-refractivity contribution in [1.82, 2.24) is 14.5 Å². The minimum absolute atomic E-state index is 0.0629. The van der Waals surface area contributed by atoms with Gasteiger partial charge in [-0.2, -0.15) is 4.98 Å². The van der Waals surface area contributed by atoms with E-state index >= 15 is 0 Å². The van der Waals surface area contributed by atoms with Gasteiger partial charge in [0.2, 0.25) is 5.95 Å². The van der Waals surface area contributed by atoms with Crippen LogP contribution in [0.3, 0.4) is 0 Å². The number of nitrogens with two attached hydrogens (primary N) is 1. The number of aliphatic hydroxyl groups excluding tert-OH is 2. The fraction of sp³-hybridized carbons (Fsp3) is 0.250. The summed E-state index contributed by atoms with van der Waals surface area (Å²) < 4.78 is 7.51. The van der Waals surface area contributed by atoms with E-state index in [1.54, 1.807) is 10.8 Å². The van der Waals surface area contributed by atoms with Crippen molar-refractivity contribution in [2.24, 2.45) is 5.73 Å². The average molecular weight is 431 g/mol. The second-order valence-electron chi connectivity index (χ2n) is 7.78. The Morgan fingerprint density at radius 2 is 1.78 bits per heavy atom. The van der Waals surface area contributed by atoms with E-state index in [0.29, 0.717) is 24.7 Å². The predicted octanol–water partition coefficient (Wildman–Crippen LogP) is 2.45. The van der Waals surface area contributed by atoms with Gasteiger partial charge < -0.3 is 30.2 Å². The summed E-state index contributed by atoms with van der Waals surface area (Å²) in [6.07, 6.45) is 0.951. The number of hydrogen-bond acceptors (Lipinski definition) is 7. The van der Waals surface area contributed by atoms with Crippen LogP contribution in [0.5, 0.6) is 0 Å². The van der Waals surface area contributed by atoms with Gasteiger partial charge in [-0.05, 0) is 17.7 Å². The normalized spacial score (nSPS) is 20.7. The van der Waals surface area contributed by atoms with E-state index in [4.69, 9.17) is 15.5 Å². The third kappa shape index (κ3) is 3.63. The first-order valence-electron chi connectivity index (χ1n) is 10.6. The lowest BCUT2D eigenvalue weighted by molar-refractivity contribution is -0.0159. The molecule has 3 heterocycles. The molecule has 5 rings (SSSR count). The number of hydrogen-bond donors (Lipinski definition) is 3. The van der Waals surface area contributed by atoms with Gasteiger partial charge in [0.15, 0.2) is 6.23 Å². The van der Waals surface area contributed by atoms with Crippen molar-refractivity contribution >= 4 is 22.7 Å². The molecule has 3 atom stereocenters. The van der Waals surface area contributed by atoms with E-state index in [1.807, 2.05) is 71.8 Å². The van der Waals surface area contributed by atoms with Crippen LogP contribution >= 0.6 is 0 Å². The zero-order chi connectivity index (χ0) is 22.1. The fourth-order valence-electron chi connectivity index (χ4n) is 4.10. The number of para-hydroxylation sites is 1. The van der Waals surface area contributed by atoms with E-state index in [2.05, 4.69) is 4.98 Å². The third-order valence-electron chi connectivity index (χ3n) is 5.70. The lowest BCUT2D eigenvalue weighted by atomic mass is 10.1. The summed E-state index contributed by atoms with van der Waals surface area (Å²) in [6.45, 7) is 1.04. The number of nitrogens with zero attached hydrogens (tertiary/aromatic N) is 4. The Morgan fingerprint density at radius 1 is 1.06 bits per heavy atom. The molecule has 8 nitrogen and oxygen atoms in total. The molecule has 0 radical (unpaired) electrons. The van der Waals surface area contributed by atoms with E-state index in [-0.39, 0.29) is 6.61 Å².